The molecule has 1 aliphatic rings. The summed E-state index contributed by atoms with van der Waals surface area (Å²) in [5.74, 6) is -0.324. The molecule has 1 fully saturated rings. The first-order valence-electron chi connectivity index (χ1n) is 9.63. The Kier molecular flexibility index (Phi) is 9.72. The fraction of sp³-hybridized carbons (Fsp3) is 0.737. The number of thioether (sulfide) groups is 1. The van der Waals surface area contributed by atoms with Crippen LogP contribution in [-0.4, -0.2) is 50.6 Å². The summed E-state index contributed by atoms with van der Waals surface area (Å²) < 4.78 is 10.9. The van der Waals surface area contributed by atoms with E-state index in [0.29, 0.717) is 32.4 Å². The van der Waals surface area contributed by atoms with Crippen molar-refractivity contribution in [3.8, 4) is 0 Å². The topological polar surface area (TPSA) is 93.7 Å². The second-order valence-electron chi connectivity index (χ2n) is 8.37. The zero-order valence-electron chi connectivity index (χ0n) is 17.6. The smallest absolute Gasteiger partial charge is 0.407 e. The van der Waals surface area contributed by atoms with E-state index in [0.717, 1.165) is 0 Å². The average Bonchev–Trinajstić information content (AvgIpc) is 2.58. The van der Waals surface area contributed by atoms with E-state index >= 15 is 0 Å². The molecular weight excluding hydrogens is 396 g/mol. The minimum Gasteiger partial charge on any atom is -0.445 e. The van der Waals surface area contributed by atoms with Crippen molar-refractivity contribution in [2.75, 3.05) is 19.8 Å². The van der Waals surface area contributed by atoms with Crippen molar-refractivity contribution in [1.29, 1.82) is 0 Å². The number of carbonyl (C=O) groups excluding carboxylic acids is 3. The van der Waals surface area contributed by atoms with Gasteiger partial charge in [0.1, 0.15) is 6.61 Å². The Balaban J connectivity index is 2.26. The number of hydrogen-bond donors (Lipinski definition) is 2. The second-order valence-corrected chi connectivity index (χ2v) is 14.4. The lowest BCUT2D eigenvalue weighted by atomic mass is 10.0. The molecule has 1 heterocycles. The minimum atomic E-state index is -1.92. The number of nitrogens with one attached hydrogen (secondary N) is 2. The van der Waals surface area contributed by atoms with Gasteiger partial charge in [-0.3, -0.25) is 9.59 Å². The predicted octanol–water partition coefficient (Wildman–Crippen LogP) is 3.42. The van der Waals surface area contributed by atoms with Crippen LogP contribution in [-0.2, 0) is 18.8 Å². The summed E-state index contributed by atoms with van der Waals surface area (Å²) in [6.07, 6.45) is 2.77. The number of unbranched alkanes of at least 4 members (excludes halogenated alkanes) is 1. The van der Waals surface area contributed by atoms with Gasteiger partial charge in [-0.1, -0.05) is 45.2 Å². The number of β-lactam (4-membered cyclic amide) rings is 1. The van der Waals surface area contributed by atoms with Crippen LogP contribution in [0.25, 0.3) is 0 Å². The standard InChI is InChI=1S/C19H34N2O5SSi/c1-7-12-25-18(24)20-11-9-8-10-15(22)27-17-14(16(23)21-17)13-26-28(5,6)19(2,3)4/h7,14,17H,1,8-13H2,2-6H3,(H,20,24)(H,21,23)/t14-,17+/m0/s1. The summed E-state index contributed by atoms with van der Waals surface area (Å²) in [6, 6.07) is 0. The Bertz CT molecular complexity index is 577. The van der Waals surface area contributed by atoms with E-state index < -0.39 is 14.4 Å². The van der Waals surface area contributed by atoms with Gasteiger partial charge in [-0.05, 0) is 31.0 Å². The minimum absolute atomic E-state index is 0.0385. The summed E-state index contributed by atoms with van der Waals surface area (Å²) >= 11 is 1.17. The van der Waals surface area contributed by atoms with Crippen molar-refractivity contribution in [1.82, 2.24) is 10.6 Å². The molecule has 1 rings (SSSR count). The van der Waals surface area contributed by atoms with Gasteiger partial charge in [0.05, 0.1) is 11.3 Å². The van der Waals surface area contributed by atoms with Crippen molar-refractivity contribution >= 4 is 37.2 Å². The quantitative estimate of drug-likeness (QED) is 0.226. The van der Waals surface area contributed by atoms with Crippen LogP contribution in [0.15, 0.2) is 12.7 Å². The summed E-state index contributed by atoms with van der Waals surface area (Å²) in [5, 5.41) is 5.31. The van der Waals surface area contributed by atoms with Crippen molar-refractivity contribution in [3.63, 3.8) is 0 Å². The van der Waals surface area contributed by atoms with Crippen LogP contribution < -0.4 is 10.6 Å². The van der Waals surface area contributed by atoms with E-state index in [-0.39, 0.29) is 34.0 Å². The molecular formula is C19H34N2O5SSi. The van der Waals surface area contributed by atoms with Crippen LogP contribution >= 0.6 is 11.8 Å². The normalized spacial score (nSPS) is 19.4. The molecule has 0 bridgehead atoms. The Hall–Kier alpha value is -1.32. The molecule has 2 amide bonds. The third-order valence-corrected chi connectivity index (χ3v) is 10.8. The summed E-state index contributed by atoms with van der Waals surface area (Å²) in [5.41, 5.74) is 0. The highest BCUT2D eigenvalue weighted by Gasteiger charge is 2.44. The van der Waals surface area contributed by atoms with E-state index in [1.165, 1.54) is 17.8 Å². The molecule has 0 aromatic rings. The van der Waals surface area contributed by atoms with Gasteiger partial charge in [-0.25, -0.2) is 4.79 Å². The van der Waals surface area contributed by atoms with Crippen molar-refractivity contribution < 1.29 is 23.5 Å². The first-order chi connectivity index (χ1) is 13.0. The molecule has 28 heavy (non-hydrogen) atoms. The monoisotopic (exact) mass is 430 g/mol. The van der Waals surface area contributed by atoms with E-state index in [1.54, 1.807) is 0 Å². The fourth-order valence-electron chi connectivity index (χ4n) is 2.15. The summed E-state index contributed by atoms with van der Waals surface area (Å²) in [4.78, 5) is 35.3. The van der Waals surface area contributed by atoms with E-state index in [4.69, 9.17) is 9.16 Å². The van der Waals surface area contributed by atoms with Crippen LogP contribution in [0.3, 0.4) is 0 Å². The number of ether oxygens (including phenoxy) is 1. The SMILES string of the molecule is C=CCOC(=O)NCCCCC(=O)S[C@H]1NC(=O)[C@@H]1CO[Si](C)(C)C(C)(C)C. The number of carbonyl (C=O) groups is 3. The molecule has 1 aliphatic heterocycles. The van der Waals surface area contributed by atoms with Crippen LogP contribution in [0.1, 0.15) is 40.0 Å². The Labute approximate surface area is 173 Å². The Morgan fingerprint density at radius 3 is 2.57 bits per heavy atom. The molecule has 2 atom stereocenters. The Morgan fingerprint density at radius 2 is 2.00 bits per heavy atom. The maximum atomic E-state index is 12.2. The van der Waals surface area contributed by atoms with Crippen molar-refractivity contribution in [2.45, 2.75) is 63.5 Å². The fourth-order valence-corrected chi connectivity index (χ4v) is 4.27. The maximum Gasteiger partial charge on any atom is 0.407 e. The molecule has 0 aromatic carbocycles. The molecule has 0 spiro atoms. The van der Waals surface area contributed by atoms with Gasteiger partial charge in [-0.15, -0.1) is 0 Å². The van der Waals surface area contributed by atoms with Crippen LogP contribution in [0.2, 0.25) is 18.1 Å². The van der Waals surface area contributed by atoms with Gasteiger partial charge in [0.25, 0.3) is 0 Å². The maximum absolute atomic E-state index is 12.2. The third kappa shape index (κ3) is 7.96. The van der Waals surface area contributed by atoms with Crippen LogP contribution in [0.5, 0.6) is 0 Å². The van der Waals surface area contributed by atoms with E-state index in [9.17, 15) is 14.4 Å². The molecule has 0 aromatic heterocycles. The largest absolute Gasteiger partial charge is 0.445 e. The number of alkyl carbamates (subject to hydrolysis) is 1. The van der Waals surface area contributed by atoms with Gasteiger partial charge >= 0.3 is 6.09 Å². The van der Waals surface area contributed by atoms with E-state index in [2.05, 4.69) is 51.1 Å². The van der Waals surface area contributed by atoms with Gasteiger partial charge < -0.3 is 19.8 Å². The van der Waals surface area contributed by atoms with Gasteiger partial charge in [0.15, 0.2) is 13.4 Å². The first kappa shape index (κ1) is 24.7. The number of hydrogen-bond acceptors (Lipinski definition) is 6. The summed E-state index contributed by atoms with van der Waals surface area (Å²) in [7, 11) is -1.92. The molecule has 160 valence electrons. The molecule has 0 saturated carbocycles. The molecule has 0 unspecified atom stereocenters. The second kappa shape index (κ2) is 11.0. The third-order valence-electron chi connectivity index (χ3n) is 5.08. The highest BCUT2D eigenvalue weighted by Crippen LogP contribution is 2.38. The average molecular weight is 431 g/mol. The Morgan fingerprint density at radius 1 is 1.32 bits per heavy atom. The van der Waals surface area contributed by atoms with Gasteiger partial charge in [0.2, 0.25) is 5.91 Å². The molecule has 2 N–H and O–H groups in total. The lowest BCUT2D eigenvalue weighted by Gasteiger charge is -2.41. The zero-order valence-corrected chi connectivity index (χ0v) is 19.4. The highest BCUT2D eigenvalue weighted by molar-refractivity contribution is 8.14. The number of rotatable bonds is 11. The van der Waals surface area contributed by atoms with E-state index in [1.807, 2.05) is 0 Å². The zero-order chi connectivity index (χ0) is 21.4. The van der Waals surface area contributed by atoms with Gasteiger partial charge in [-0.2, -0.15) is 0 Å². The van der Waals surface area contributed by atoms with Gasteiger partial charge in [0, 0.05) is 19.6 Å². The number of amides is 2. The predicted molar refractivity (Wildman–Crippen MR) is 115 cm³/mol. The lowest BCUT2D eigenvalue weighted by Crippen LogP contribution is -2.59. The molecule has 7 nitrogen and oxygen atoms in total. The van der Waals surface area contributed by atoms with Crippen molar-refractivity contribution in [3.05, 3.63) is 12.7 Å². The molecule has 0 aliphatic carbocycles. The van der Waals surface area contributed by atoms with Crippen molar-refractivity contribution in [2.24, 2.45) is 5.92 Å². The van der Waals surface area contributed by atoms with Crippen LogP contribution in [0, 0.1) is 5.92 Å². The first-order valence-corrected chi connectivity index (χ1v) is 13.4. The molecule has 9 heteroatoms. The highest BCUT2D eigenvalue weighted by atomic mass is 32.2. The summed E-state index contributed by atoms with van der Waals surface area (Å²) in [6.45, 7) is 15.2. The molecule has 0 radical (unpaired) electrons. The molecule has 1 saturated heterocycles. The lowest BCUT2D eigenvalue weighted by molar-refractivity contribution is -0.133. The van der Waals surface area contributed by atoms with Crippen LogP contribution in [0.4, 0.5) is 4.79 Å².